The lowest BCUT2D eigenvalue weighted by Crippen LogP contribution is -2.33. The summed E-state index contributed by atoms with van der Waals surface area (Å²) in [5.41, 5.74) is 6.56. The summed E-state index contributed by atoms with van der Waals surface area (Å²) < 4.78 is 34.7. The Labute approximate surface area is 147 Å². The summed E-state index contributed by atoms with van der Waals surface area (Å²) in [6.45, 7) is 0. The molecule has 0 radical (unpaired) electrons. The molecule has 8 heteroatoms. The van der Waals surface area contributed by atoms with E-state index in [0.29, 0.717) is 5.69 Å². The van der Waals surface area contributed by atoms with Gasteiger partial charge in [-0.1, -0.05) is 12.1 Å². The van der Waals surface area contributed by atoms with E-state index < -0.39 is 29.3 Å². The van der Waals surface area contributed by atoms with Gasteiger partial charge in [0.05, 0.1) is 18.3 Å². The summed E-state index contributed by atoms with van der Waals surface area (Å²) in [5.74, 6) is -2.10. The molecule has 6 nitrogen and oxygen atoms in total. The maximum absolute atomic E-state index is 14.3. The average Bonchev–Trinajstić information content (AvgIpc) is 2.87. The van der Waals surface area contributed by atoms with Crippen LogP contribution in [-0.2, 0) is 23.0 Å². The minimum Gasteiger partial charge on any atom is -0.468 e. The van der Waals surface area contributed by atoms with E-state index in [2.05, 4.69) is 4.74 Å². The van der Waals surface area contributed by atoms with E-state index in [0.717, 1.165) is 17.7 Å². The van der Waals surface area contributed by atoms with Crippen LogP contribution in [0.15, 0.2) is 41.2 Å². The average molecular weight is 361 g/mol. The Morgan fingerprint density at radius 3 is 2.50 bits per heavy atom. The van der Waals surface area contributed by atoms with Crippen molar-refractivity contribution in [2.45, 2.75) is 12.5 Å². The number of rotatable bonds is 4. The molecule has 1 aromatic heterocycles. The van der Waals surface area contributed by atoms with Crippen molar-refractivity contribution in [3.05, 3.63) is 64.1 Å². The fourth-order valence-electron chi connectivity index (χ4n) is 2.89. The number of benzene rings is 2. The van der Waals surface area contributed by atoms with Crippen molar-refractivity contribution < 1.29 is 18.3 Å². The lowest BCUT2D eigenvalue weighted by Gasteiger charge is -2.10. The van der Waals surface area contributed by atoms with E-state index in [1.807, 2.05) is 0 Å². The zero-order valence-corrected chi connectivity index (χ0v) is 14.2. The van der Waals surface area contributed by atoms with Gasteiger partial charge in [0.2, 0.25) is 0 Å². The van der Waals surface area contributed by atoms with Crippen molar-refractivity contribution in [1.82, 2.24) is 9.13 Å². The standard InChI is InChI=1S/C18H17F2N3O3/c1-22-15-9-11(19)8-13(20)16(15)23(18(22)25)12-5-3-10(4-6-12)7-14(21)17(24)26-2/h3-6,8-9,14H,7,21H2,1-2H3/t14-/m0/s1. The third kappa shape index (κ3) is 2.99. The molecule has 1 heterocycles. The van der Waals surface area contributed by atoms with Gasteiger partial charge in [0, 0.05) is 19.2 Å². The van der Waals surface area contributed by atoms with Gasteiger partial charge in [-0.05, 0) is 24.1 Å². The van der Waals surface area contributed by atoms with Gasteiger partial charge in [-0.25, -0.2) is 13.6 Å². The molecule has 0 fully saturated rings. The van der Waals surface area contributed by atoms with Crippen LogP contribution in [0.25, 0.3) is 16.7 Å². The predicted octanol–water partition coefficient (Wildman–Crippen LogP) is 1.65. The number of nitrogens with zero attached hydrogens (tertiary/aromatic N) is 2. The van der Waals surface area contributed by atoms with Crippen molar-refractivity contribution in [3.63, 3.8) is 0 Å². The Bertz CT molecular complexity index is 1040. The number of hydrogen-bond acceptors (Lipinski definition) is 4. The van der Waals surface area contributed by atoms with Crippen LogP contribution in [-0.4, -0.2) is 28.3 Å². The van der Waals surface area contributed by atoms with Gasteiger partial charge < -0.3 is 10.5 Å². The van der Waals surface area contributed by atoms with Gasteiger partial charge in [0.15, 0.2) is 5.82 Å². The number of aryl methyl sites for hydroxylation is 1. The number of carbonyl (C=O) groups excluding carboxylic acids is 1. The molecule has 0 saturated heterocycles. The molecule has 3 aromatic rings. The van der Waals surface area contributed by atoms with Crippen LogP contribution in [0.1, 0.15) is 5.56 Å². The number of ether oxygens (including phenoxy) is 1. The highest BCUT2D eigenvalue weighted by Crippen LogP contribution is 2.22. The number of carbonyl (C=O) groups is 1. The minimum atomic E-state index is -0.825. The van der Waals surface area contributed by atoms with Crippen LogP contribution in [0.4, 0.5) is 8.78 Å². The topological polar surface area (TPSA) is 79.2 Å². The van der Waals surface area contributed by atoms with E-state index in [-0.39, 0.29) is 17.5 Å². The van der Waals surface area contributed by atoms with E-state index in [1.54, 1.807) is 24.3 Å². The molecule has 0 aliphatic carbocycles. The Balaban J connectivity index is 2.04. The van der Waals surface area contributed by atoms with Crippen molar-refractivity contribution in [2.24, 2.45) is 12.8 Å². The van der Waals surface area contributed by atoms with Crippen LogP contribution in [0.2, 0.25) is 0 Å². The normalized spacial score (nSPS) is 12.3. The van der Waals surface area contributed by atoms with Gasteiger partial charge in [-0.3, -0.25) is 13.9 Å². The first-order valence-corrected chi connectivity index (χ1v) is 7.82. The van der Waals surface area contributed by atoms with E-state index in [9.17, 15) is 18.4 Å². The molecule has 26 heavy (non-hydrogen) atoms. The number of fused-ring (bicyclic) bond motifs is 1. The summed E-state index contributed by atoms with van der Waals surface area (Å²) in [6, 6.07) is 7.65. The summed E-state index contributed by atoms with van der Waals surface area (Å²) in [7, 11) is 2.71. The fourth-order valence-corrected chi connectivity index (χ4v) is 2.89. The van der Waals surface area contributed by atoms with Gasteiger partial charge >= 0.3 is 11.7 Å². The Morgan fingerprint density at radius 1 is 1.23 bits per heavy atom. The van der Waals surface area contributed by atoms with Gasteiger partial charge in [-0.15, -0.1) is 0 Å². The third-order valence-corrected chi connectivity index (χ3v) is 4.23. The Kier molecular flexibility index (Phi) is 4.60. The Hall–Kier alpha value is -3.00. The number of imidazole rings is 1. The van der Waals surface area contributed by atoms with Crippen LogP contribution >= 0.6 is 0 Å². The first kappa shape index (κ1) is 17.8. The molecule has 2 aromatic carbocycles. The second-order valence-corrected chi connectivity index (χ2v) is 5.93. The van der Waals surface area contributed by atoms with Crippen LogP contribution < -0.4 is 11.4 Å². The molecule has 0 aliphatic heterocycles. The van der Waals surface area contributed by atoms with Crippen molar-refractivity contribution in [3.8, 4) is 5.69 Å². The molecule has 0 unspecified atom stereocenters. The zero-order valence-electron chi connectivity index (χ0n) is 14.2. The van der Waals surface area contributed by atoms with Crippen molar-refractivity contribution >= 4 is 17.0 Å². The number of hydrogen-bond donors (Lipinski definition) is 1. The number of halogens is 2. The highest BCUT2D eigenvalue weighted by molar-refractivity contribution is 5.79. The van der Waals surface area contributed by atoms with Gasteiger partial charge in [0.25, 0.3) is 0 Å². The maximum Gasteiger partial charge on any atom is 0.333 e. The molecule has 0 amide bonds. The molecule has 136 valence electrons. The van der Waals surface area contributed by atoms with Crippen molar-refractivity contribution in [2.75, 3.05) is 7.11 Å². The highest BCUT2D eigenvalue weighted by atomic mass is 19.1. The summed E-state index contributed by atoms with van der Waals surface area (Å²) >= 11 is 0. The second-order valence-electron chi connectivity index (χ2n) is 5.93. The molecular weight excluding hydrogens is 344 g/mol. The van der Waals surface area contributed by atoms with E-state index >= 15 is 0 Å². The van der Waals surface area contributed by atoms with Gasteiger partial charge in [0.1, 0.15) is 17.4 Å². The number of methoxy groups -OCH3 is 1. The molecule has 0 saturated carbocycles. The fraction of sp³-hybridized carbons (Fsp3) is 0.222. The smallest absolute Gasteiger partial charge is 0.333 e. The minimum absolute atomic E-state index is 0.00193. The van der Waals surface area contributed by atoms with E-state index in [4.69, 9.17) is 5.73 Å². The molecule has 3 rings (SSSR count). The SMILES string of the molecule is COC(=O)[C@@H](N)Cc1ccc(-n2c(=O)n(C)c3cc(F)cc(F)c32)cc1. The Morgan fingerprint density at radius 2 is 1.88 bits per heavy atom. The zero-order chi connectivity index (χ0) is 19.0. The largest absolute Gasteiger partial charge is 0.468 e. The number of esters is 1. The molecular formula is C18H17F2N3O3. The lowest BCUT2D eigenvalue weighted by molar-refractivity contribution is -0.142. The quantitative estimate of drug-likeness (QED) is 0.717. The third-order valence-electron chi connectivity index (χ3n) is 4.23. The number of aromatic nitrogens is 2. The summed E-state index contributed by atoms with van der Waals surface area (Å²) in [5, 5.41) is 0. The molecule has 2 N–H and O–H groups in total. The first-order chi connectivity index (χ1) is 12.3. The summed E-state index contributed by atoms with van der Waals surface area (Å²) in [6.07, 6.45) is 0.261. The molecule has 0 bridgehead atoms. The summed E-state index contributed by atoms with van der Waals surface area (Å²) in [4.78, 5) is 23.9. The van der Waals surface area contributed by atoms with E-state index in [1.165, 1.54) is 23.3 Å². The second kappa shape index (κ2) is 6.72. The molecule has 0 spiro atoms. The monoisotopic (exact) mass is 361 g/mol. The lowest BCUT2D eigenvalue weighted by atomic mass is 10.1. The predicted molar refractivity (Wildman–Crippen MR) is 92.1 cm³/mol. The van der Waals surface area contributed by atoms with Gasteiger partial charge in [-0.2, -0.15) is 0 Å². The highest BCUT2D eigenvalue weighted by Gasteiger charge is 2.18. The van der Waals surface area contributed by atoms with Crippen LogP contribution in [0.3, 0.4) is 0 Å². The molecule has 0 aliphatic rings. The van der Waals surface area contributed by atoms with Crippen molar-refractivity contribution in [1.29, 1.82) is 0 Å². The van der Waals surface area contributed by atoms with Crippen LogP contribution in [0, 0.1) is 11.6 Å². The number of nitrogens with two attached hydrogens (primary N) is 1. The maximum atomic E-state index is 14.3. The first-order valence-electron chi connectivity index (χ1n) is 7.82. The molecule has 1 atom stereocenters. The van der Waals surface area contributed by atoms with Crippen LogP contribution in [0.5, 0.6) is 0 Å².